The van der Waals surface area contributed by atoms with Gasteiger partial charge in [0.25, 0.3) is 5.91 Å². The number of rotatable bonds is 4. The Balaban J connectivity index is 2.04. The summed E-state index contributed by atoms with van der Waals surface area (Å²) in [5, 5.41) is 11.9. The summed E-state index contributed by atoms with van der Waals surface area (Å²) in [5.74, 6) is -0.196. The number of amides is 1. The summed E-state index contributed by atoms with van der Waals surface area (Å²) in [7, 11) is 0. The Bertz CT molecular complexity index is 690. The number of nitrogens with zero attached hydrogens (tertiary/aromatic N) is 2. The van der Waals surface area contributed by atoms with Crippen LogP contribution in [0.4, 0.5) is 0 Å². The van der Waals surface area contributed by atoms with E-state index in [9.17, 15) is 4.79 Å². The molecule has 0 saturated heterocycles. The molecule has 0 aliphatic carbocycles. The zero-order valence-corrected chi connectivity index (χ0v) is 12.3. The van der Waals surface area contributed by atoms with Crippen LogP contribution in [-0.2, 0) is 13.0 Å². The molecule has 2 aromatic rings. The Morgan fingerprint density at radius 1 is 1.33 bits per heavy atom. The Hall–Kier alpha value is -2.38. The van der Waals surface area contributed by atoms with Gasteiger partial charge >= 0.3 is 0 Å². The third-order valence-electron chi connectivity index (χ3n) is 3.01. The zero-order valence-electron chi connectivity index (χ0n) is 11.6. The summed E-state index contributed by atoms with van der Waals surface area (Å²) in [5.41, 5.74) is 2.81. The molecule has 2 rings (SSSR count). The van der Waals surface area contributed by atoms with Gasteiger partial charge in [-0.1, -0.05) is 30.7 Å². The maximum atomic E-state index is 12.1. The number of hydrogen-bond acceptors (Lipinski definition) is 3. The molecule has 1 heterocycles. The predicted octanol–water partition coefficient (Wildman–Crippen LogP) is 3.10. The van der Waals surface area contributed by atoms with Crippen molar-refractivity contribution in [2.75, 3.05) is 0 Å². The highest BCUT2D eigenvalue weighted by atomic mass is 35.5. The zero-order chi connectivity index (χ0) is 15.2. The Morgan fingerprint density at radius 2 is 2.05 bits per heavy atom. The molecule has 5 heteroatoms. The van der Waals surface area contributed by atoms with Gasteiger partial charge in [0.05, 0.1) is 11.6 Å². The Morgan fingerprint density at radius 3 is 2.67 bits per heavy atom. The predicted molar refractivity (Wildman–Crippen MR) is 81.0 cm³/mol. The maximum absolute atomic E-state index is 12.1. The molecule has 0 saturated carbocycles. The minimum atomic E-state index is -0.196. The van der Waals surface area contributed by atoms with Gasteiger partial charge < -0.3 is 5.32 Å². The van der Waals surface area contributed by atoms with E-state index in [1.54, 1.807) is 24.3 Å². The van der Waals surface area contributed by atoms with Crippen molar-refractivity contribution in [2.45, 2.75) is 19.9 Å². The first kappa shape index (κ1) is 15.0. The van der Waals surface area contributed by atoms with Crippen molar-refractivity contribution in [1.82, 2.24) is 10.3 Å². The fraction of sp³-hybridized carbons (Fsp3) is 0.188. The molecule has 0 aliphatic heterocycles. The molecule has 0 radical (unpaired) electrons. The average molecular weight is 300 g/mol. The highest BCUT2D eigenvalue weighted by Crippen LogP contribution is 2.12. The van der Waals surface area contributed by atoms with E-state index in [1.165, 1.54) is 0 Å². The van der Waals surface area contributed by atoms with Gasteiger partial charge in [-0.3, -0.25) is 4.79 Å². The fourth-order valence-electron chi connectivity index (χ4n) is 1.84. The van der Waals surface area contributed by atoms with E-state index < -0.39 is 0 Å². The summed E-state index contributed by atoms with van der Waals surface area (Å²) in [4.78, 5) is 16.2. The van der Waals surface area contributed by atoms with Gasteiger partial charge in [-0.05, 0) is 36.2 Å². The van der Waals surface area contributed by atoms with E-state index in [0.29, 0.717) is 22.8 Å². The van der Waals surface area contributed by atoms with Crippen molar-refractivity contribution < 1.29 is 4.79 Å². The van der Waals surface area contributed by atoms with Crippen LogP contribution in [0.5, 0.6) is 0 Å². The van der Waals surface area contributed by atoms with Gasteiger partial charge in [-0.25, -0.2) is 4.98 Å². The molecule has 1 amide bonds. The lowest BCUT2D eigenvalue weighted by atomic mass is 10.1. The second-order valence-corrected chi connectivity index (χ2v) is 4.90. The topological polar surface area (TPSA) is 65.8 Å². The molecule has 0 spiro atoms. The minimum Gasteiger partial charge on any atom is -0.348 e. The smallest absolute Gasteiger partial charge is 0.251 e. The van der Waals surface area contributed by atoms with E-state index in [1.807, 2.05) is 19.1 Å². The van der Waals surface area contributed by atoms with Crippen molar-refractivity contribution >= 4 is 17.5 Å². The van der Waals surface area contributed by atoms with E-state index in [0.717, 1.165) is 17.7 Å². The lowest BCUT2D eigenvalue weighted by molar-refractivity contribution is 0.0950. The van der Waals surface area contributed by atoms with Gasteiger partial charge in [-0.2, -0.15) is 5.26 Å². The summed E-state index contributed by atoms with van der Waals surface area (Å²) in [6.07, 6.45) is 0.719. The van der Waals surface area contributed by atoms with Crippen LogP contribution in [0.3, 0.4) is 0 Å². The largest absolute Gasteiger partial charge is 0.348 e. The SMILES string of the molecule is CCc1cc(C(=O)NCc2ccc(C#N)cc2)cc(Cl)n1. The Labute approximate surface area is 128 Å². The lowest BCUT2D eigenvalue weighted by Crippen LogP contribution is -2.23. The molecule has 0 unspecified atom stereocenters. The second kappa shape index (κ2) is 6.87. The van der Waals surface area contributed by atoms with Crippen LogP contribution in [0.25, 0.3) is 0 Å². The first-order chi connectivity index (χ1) is 10.1. The van der Waals surface area contributed by atoms with Crippen molar-refractivity contribution in [3.8, 4) is 6.07 Å². The molecule has 21 heavy (non-hydrogen) atoms. The number of carbonyl (C=O) groups excluding carboxylic acids is 1. The Kier molecular flexibility index (Phi) is 4.91. The molecule has 1 aromatic carbocycles. The molecular weight excluding hydrogens is 286 g/mol. The van der Waals surface area contributed by atoms with E-state index >= 15 is 0 Å². The molecule has 1 aromatic heterocycles. The minimum absolute atomic E-state index is 0.196. The molecule has 0 aliphatic rings. The first-order valence-electron chi connectivity index (χ1n) is 6.56. The number of halogens is 1. The van der Waals surface area contributed by atoms with Gasteiger partial charge in [0.1, 0.15) is 5.15 Å². The normalized spacial score (nSPS) is 9.95. The highest BCUT2D eigenvalue weighted by molar-refractivity contribution is 6.29. The third kappa shape index (κ3) is 4.04. The number of carbonyl (C=O) groups is 1. The van der Waals surface area contributed by atoms with E-state index in [2.05, 4.69) is 16.4 Å². The number of nitrogens with one attached hydrogen (secondary N) is 1. The summed E-state index contributed by atoms with van der Waals surface area (Å²) in [6.45, 7) is 2.35. The van der Waals surface area contributed by atoms with Crippen LogP contribution < -0.4 is 5.32 Å². The van der Waals surface area contributed by atoms with Gasteiger partial charge in [0.2, 0.25) is 0 Å². The number of hydrogen-bond donors (Lipinski definition) is 1. The number of aromatic nitrogens is 1. The van der Waals surface area contributed by atoms with E-state index in [4.69, 9.17) is 16.9 Å². The molecule has 4 nitrogen and oxygen atoms in total. The van der Waals surface area contributed by atoms with Crippen LogP contribution in [-0.4, -0.2) is 10.9 Å². The van der Waals surface area contributed by atoms with Crippen LogP contribution >= 0.6 is 11.6 Å². The number of benzene rings is 1. The molecule has 1 N–H and O–H groups in total. The lowest BCUT2D eigenvalue weighted by Gasteiger charge is -2.07. The first-order valence-corrected chi connectivity index (χ1v) is 6.94. The molecular formula is C16H14ClN3O. The van der Waals surface area contributed by atoms with Crippen molar-refractivity contribution in [3.63, 3.8) is 0 Å². The monoisotopic (exact) mass is 299 g/mol. The molecule has 106 valence electrons. The van der Waals surface area contributed by atoms with Gasteiger partial charge in [0, 0.05) is 17.8 Å². The quantitative estimate of drug-likeness (QED) is 0.882. The van der Waals surface area contributed by atoms with Gasteiger partial charge in [0.15, 0.2) is 0 Å². The fourth-order valence-corrected chi connectivity index (χ4v) is 2.07. The second-order valence-electron chi connectivity index (χ2n) is 4.51. The summed E-state index contributed by atoms with van der Waals surface area (Å²) in [6, 6.07) is 12.4. The standard InChI is InChI=1S/C16H14ClN3O/c1-2-14-7-13(8-15(17)20-14)16(21)19-10-12-5-3-11(9-18)4-6-12/h3-8H,2,10H2,1H3,(H,19,21). The number of pyridine rings is 1. The van der Waals surface area contributed by atoms with Gasteiger partial charge in [-0.15, -0.1) is 0 Å². The summed E-state index contributed by atoms with van der Waals surface area (Å²) >= 11 is 5.90. The highest BCUT2D eigenvalue weighted by Gasteiger charge is 2.08. The van der Waals surface area contributed by atoms with Crippen LogP contribution in [0, 0.1) is 11.3 Å². The summed E-state index contributed by atoms with van der Waals surface area (Å²) < 4.78 is 0. The van der Waals surface area contributed by atoms with Crippen molar-refractivity contribution in [2.24, 2.45) is 0 Å². The van der Waals surface area contributed by atoms with E-state index in [-0.39, 0.29) is 5.91 Å². The van der Waals surface area contributed by atoms with Crippen molar-refractivity contribution in [1.29, 1.82) is 5.26 Å². The molecule has 0 atom stereocenters. The van der Waals surface area contributed by atoms with Crippen LogP contribution in [0.15, 0.2) is 36.4 Å². The number of aryl methyl sites for hydroxylation is 1. The van der Waals surface area contributed by atoms with Crippen LogP contribution in [0.2, 0.25) is 5.15 Å². The molecule has 0 bridgehead atoms. The maximum Gasteiger partial charge on any atom is 0.251 e. The third-order valence-corrected chi connectivity index (χ3v) is 3.20. The number of nitriles is 1. The molecule has 0 fully saturated rings. The van der Waals surface area contributed by atoms with Crippen molar-refractivity contribution in [3.05, 3.63) is 63.9 Å². The van der Waals surface area contributed by atoms with Crippen LogP contribution in [0.1, 0.15) is 34.1 Å². The average Bonchev–Trinajstić information content (AvgIpc) is 2.52.